The molecule has 0 radical (unpaired) electrons. The lowest BCUT2D eigenvalue weighted by molar-refractivity contribution is -0.136. The Balaban J connectivity index is 0.741. The van der Waals surface area contributed by atoms with Crippen LogP contribution in [-0.4, -0.2) is 138 Å². The van der Waals surface area contributed by atoms with Crippen molar-refractivity contribution in [2.75, 3.05) is 70.0 Å². The second-order valence-corrected chi connectivity index (χ2v) is 14.6. The van der Waals surface area contributed by atoms with E-state index in [0.717, 1.165) is 17.7 Å². The summed E-state index contributed by atoms with van der Waals surface area (Å²) >= 11 is 0. The minimum atomic E-state index is -1.48. The summed E-state index contributed by atoms with van der Waals surface area (Å²) in [4.78, 5) is 73.0. The average molecular weight is 841 g/mol. The summed E-state index contributed by atoms with van der Waals surface area (Å²) in [5.41, 5.74) is 2.54. The van der Waals surface area contributed by atoms with Crippen LogP contribution in [0.4, 0.5) is 15.8 Å². The van der Waals surface area contributed by atoms with Gasteiger partial charge in [0.05, 0.1) is 93.0 Å². The average Bonchev–Trinajstić information content (AvgIpc) is 3.92. The Hall–Kier alpha value is -6.40. The molecule has 20 heteroatoms. The first-order valence-electron chi connectivity index (χ1n) is 20.0. The Morgan fingerprint density at radius 3 is 2.44 bits per heavy atom. The van der Waals surface area contributed by atoms with Gasteiger partial charge < -0.3 is 34.9 Å². The van der Waals surface area contributed by atoms with Crippen molar-refractivity contribution in [3.8, 4) is 11.9 Å². The number of piperidine rings is 1. The van der Waals surface area contributed by atoms with Crippen LogP contribution in [0.1, 0.15) is 69.2 Å². The minimum absolute atomic E-state index is 0.0438. The Morgan fingerprint density at radius 1 is 0.951 bits per heavy atom. The van der Waals surface area contributed by atoms with Crippen LogP contribution in [0.3, 0.4) is 0 Å². The Kier molecular flexibility index (Phi) is 13.8. The second kappa shape index (κ2) is 19.8. The lowest BCUT2D eigenvalue weighted by atomic mass is 10.0. The smallest absolute Gasteiger partial charge is 0.264 e. The molecule has 320 valence electrons. The zero-order chi connectivity index (χ0) is 42.9. The van der Waals surface area contributed by atoms with Crippen molar-refractivity contribution in [1.29, 1.82) is 5.26 Å². The van der Waals surface area contributed by atoms with Gasteiger partial charge in [-0.25, -0.2) is 14.4 Å². The van der Waals surface area contributed by atoms with Gasteiger partial charge in [0.25, 0.3) is 17.7 Å². The fourth-order valence-corrected chi connectivity index (χ4v) is 6.77. The molecule has 1 aliphatic carbocycles. The van der Waals surface area contributed by atoms with Crippen LogP contribution in [0.25, 0.3) is 16.9 Å². The van der Waals surface area contributed by atoms with Gasteiger partial charge in [0.2, 0.25) is 11.8 Å². The first-order chi connectivity index (χ1) is 29.6. The summed E-state index contributed by atoms with van der Waals surface area (Å²) in [5.74, 6) is -2.32. The molecule has 7 rings (SSSR count). The number of rotatable bonds is 22. The molecule has 5 heterocycles. The van der Waals surface area contributed by atoms with E-state index in [1.807, 2.05) is 0 Å². The van der Waals surface area contributed by atoms with Crippen molar-refractivity contribution in [3.63, 3.8) is 0 Å². The van der Waals surface area contributed by atoms with Crippen molar-refractivity contribution in [2.24, 2.45) is 0 Å². The first-order valence-corrected chi connectivity index (χ1v) is 20.0. The maximum Gasteiger partial charge on any atom is 0.264 e. The number of halogens is 1. The third-order valence-electron chi connectivity index (χ3n) is 10.2. The van der Waals surface area contributed by atoms with E-state index in [9.17, 15) is 29.2 Å². The number of hydrogen-bond donors (Lipinski definition) is 4. The molecule has 5 amide bonds. The quantitative estimate of drug-likeness (QED) is 0.0656. The molecule has 19 nitrogen and oxygen atoms in total. The minimum Gasteiger partial charge on any atom is -0.382 e. The molecule has 4 aromatic rings. The largest absolute Gasteiger partial charge is 0.382 e. The van der Waals surface area contributed by atoms with E-state index >= 15 is 4.39 Å². The van der Waals surface area contributed by atoms with E-state index in [2.05, 4.69) is 42.4 Å². The zero-order valence-electron chi connectivity index (χ0n) is 33.4. The van der Waals surface area contributed by atoms with Crippen molar-refractivity contribution in [2.45, 2.75) is 57.0 Å². The van der Waals surface area contributed by atoms with Crippen LogP contribution < -0.4 is 21.3 Å². The molecular weight excluding hydrogens is 796 g/mol. The van der Waals surface area contributed by atoms with Gasteiger partial charge in [-0.1, -0.05) is 6.07 Å². The van der Waals surface area contributed by atoms with E-state index in [0.29, 0.717) is 60.2 Å². The number of nitrogens with one attached hydrogen (secondary N) is 4. The van der Waals surface area contributed by atoms with Gasteiger partial charge in [-0.2, -0.15) is 15.0 Å². The SMILES string of the molecule is CC(OCCOCCOCCOCCNc1cccc2c1C(=O)N(C1CCC(=O)NC1=O)C2=O)C(F)CNC(=O)c1cnc(-n2ncc3cc(C#N)cnc32)cc1NC1CC1. The molecule has 4 N–H and O–H groups in total. The Labute approximate surface area is 349 Å². The Morgan fingerprint density at radius 2 is 1.70 bits per heavy atom. The van der Waals surface area contributed by atoms with Crippen LogP contribution in [-0.2, 0) is 28.5 Å². The van der Waals surface area contributed by atoms with E-state index in [4.69, 9.17) is 18.9 Å². The van der Waals surface area contributed by atoms with Gasteiger partial charge in [0.1, 0.15) is 18.3 Å². The van der Waals surface area contributed by atoms with E-state index in [-0.39, 0.29) is 68.5 Å². The van der Waals surface area contributed by atoms with Gasteiger partial charge in [-0.05, 0) is 44.4 Å². The van der Waals surface area contributed by atoms with Crippen molar-refractivity contribution >= 4 is 51.9 Å². The summed E-state index contributed by atoms with van der Waals surface area (Å²) in [6, 6.07) is 9.47. The maximum absolute atomic E-state index is 15.0. The summed E-state index contributed by atoms with van der Waals surface area (Å²) < 4.78 is 38.8. The van der Waals surface area contributed by atoms with E-state index in [1.54, 1.807) is 37.4 Å². The number of carbonyl (C=O) groups is 5. The number of ether oxygens (including phenoxy) is 4. The summed E-state index contributed by atoms with van der Waals surface area (Å²) in [6.07, 6.45) is 4.22. The summed E-state index contributed by atoms with van der Waals surface area (Å²) in [6.45, 7) is 3.49. The number of anilines is 2. The maximum atomic E-state index is 15.0. The van der Waals surface area contributed by atoms with Crippen molar-refractivity contribution in [3.05, 3.63) is 71.2 Å². The molecule has 3 aromatic heterocycles. The van der Waals surface area contributed by atoms with Crippen LogP contribution in [0.15, 0.2) is 48.9 Å². The topological polar surface area (TPSA) is 241 Å². The van der Waals surface area contributed by atoms with Gasteiger partial charge in [-0.3, -0.25) is 34.2 Å². The number of pyridine rings is 2. The number of hydrogen-bond acceptors (Lipinski definition) is 15. The molecule has 0 spiro atoms. The summed E-state index contributed by atoms with van der Waals surface area (Å²) in [5, 5.41) is 25.5. The van der Waals surface area contributed by atoms with Gasteiger partial charge in [0.15, 0.2) is 11.5 Å². The molecule has 3 aliphatic rings. The number of aromatic nitrogens is 4. The van der Waals surface area contributed by atoms with Gasteiger partial charge in [-0.15, -0.1) is 0 Å². The summed E-state index contributed by atoms with van der Waals surface area (Å²) in [7, 11) is 0. The number of fused-ring (bicyclic) bond motifs is 2. The molecule has 0 bridgehead atoms. The highest BCUT2D eigenvalue weighted by Gasteiger charge is 2.45. The van der Waals surface area contributed by atoms with E-state index in [1.165, 1.54) is 23.1 Å². The molecule has 1 saturated heterocycles. The van der Waals surface area contributed by atoms with Crippen LogP contribution >= 0.6 is 0 Å². The lowest BCUT2D eigenvalue weighted by Gasteiger charge is -2.27. The van der Waals surface area contributed by atoms with Crippen LogP contribution in [0, 0.1) is 11.3 Å². The van der Waals surface area contributed by atoms with Crippen LogP contribution in [0.2, 0.25) is 0 Å². The molecule has 3 unspecified atom stereocenters. The first kappa shape index (κ1) is 42.7. The standard InChI is InChI=1S/C41H45FN10O9/c1-24(30(42)23-47-38(54)29-22-45-34(18-32(29)49-27-5-6-27)52-37-26(21-48-52)17-25(19-43)20-46-37)61-16-15-60-14-13-59-12-11-58-10-9-44-31-4-2-3-28-36(31)41(57)51(40(28)56)33-7-8-35(53)50-39(33)55/h2-4,17-18,20-22,24,27,30,33,44H,5-16,23H2,1H3,(H,45,49)(H,47,54)(H,50,53,55). The molecule has 2 fully saturated rings. The van der Waals surface area contributed by atoms with Crippen molar-refractivity contribution < 1.29 is 47.3 Å². The number of alkyl halides is 1. The molecular formula is C41H45FN10O9. The fraction of sp³-hybridized carbons (Fsp3) is 0.439. The number of amides is 5. The van der Waals surface area contributed by atoms with Crippen molar-refractivity contribution in [1.82, 2.24) is 35.3 Å². The fourth-order valence-electron chi connectivity index (χ4n) is 6.77. The van der Waals surface area contributed by atoms with Crippen LogP contribution in [0.5, 0.6) is 0 Å². The zero-order valence-corrected chi connectivity index (χ0v) is 33.4. The monoisotopic (exact) mass is 840 g/mol. The number of imide groups is 2. The van der Waals surface area contributed by atoms with Gasteiger partial charge >= 0.3 is 0 Å². The highest BCUT2D eigenvalue weighted by molar-refractivity contribution is 6.25. The molecule has 61 heavy (non-hydrogen) atoms. The predicted molar refractivity (Wildman–Crippen MR) is 215 cm³/mol. The highest BCUT2D eigenvalue weighted by atomic mass is 19.1. The number of nitrogens with zero attached hydrogens (tertiary/aromatic N) is 6. The lowest BCUT2D eigenvalue weighted by Crippen LogP contribution is -2.54. The third-order valence-corrected chi connectivity index (χ3v) is 10.2. The van der Waals surface area contributed by atoms with Gasteiger partial charge in [0, 0.05) is 48.5 Å². The number of carbonyl (C=O) groups excluding carboxylic acids is 5. The van der Waals surface area contributed by atoms with E-state index < -0.39 is 47.9 Å². The normalized spacial score (nSPS) is 17.2. The third kappa shape index (κ3) is 10.3. The Bertz CT molecular complexity index is 2330. The molecule has 3 atom stereocenters. The predicted octanol–water partition coefficient (Wildman–Crippen LogP) is 2.30. The number of nitriles is 1. The molecule has 2 aliphatic heterocycles. The highest BCUT2D eigenvalue weighted by Crippen LogP contribution is 2.32. The second-order valence-electron chi connectivity index (χ2n) is 14.6. The molecule has 1 saturated carbocycles. The number of benzene rings is 1. The molecule has 1 aromatic carbocycles.